The van der Waals surface area contributed by atoms with Gasteiger partial charge in [0, 0.05) is 18.7 Å². The lowest BCUT2D eigenvalue weighted by Crippen LogP contribution is -3.13. The van der Waals surface area contributed by atoms with Gasteiger partial charge in [0.25, 0.3) is 5.91 Å². The van der Waals surface area contributed by atoms with Gasteiger partial charge in [0.15, 0.2) is 5.58 Å². The van der Waals surface area contributed by atoms with Gasteiger partial charge in [0.2, 0.25) is 0 Å². The Kier molecular flexibility index (Phi) is 5.76. The molecule has 2 N–H and O–H groups in total. The summed E-state index contributed by atoms with van der Waals surface area (Å²) in [5.74, 6) is 0.848. The number of fused-ring (bicyclic) bond motifs is 1. The van der Waals surface area contributed by atoms with E-state index in [-0.39, 0.29) is 5.91 Å². The second-order valence-electron chi connectivity index (χ2n) is 8.47. The van der Waals surface area contributed by atoms with Crippen LogP contribution in [0.5, 0.6) is 0 Å². The SMILES string of the molecule is Cc1ccc(C)c(Cn2c(C(=O)NCC[NH+]3CCCCC3)cc3oc(C)cc32)c1. The fourth-order valence-electron chi connectivity index (χ4n) is 4.41. The molecule has 5 heteroatoms. The summed E-state index contributed by atoms with van der Waals surface area (Å²) in [5, 5.41) is 3.14. The molecule has 0 atom stereocenters. The van der Waals surface area contributed by atoms with Gasteiger partial charge in [-0.1, -0.05) is 23.8 Å². The van der Waals surface area contributed by atoms with Crippen LogP contribution in [0.1, 0.15) is 52.2 Å². The molecular formula is C24H32N3O2+. The van der Waals surface area contributed by atoms with Gasteiger partial charge in [-0.3, -0.25) is 4.79 Å². The van der Waals surface area contributed by atoms with Gasteiger partial charge < -0.3 is 19.2 Å². The van der Waals surface area contributed by atoms with Gasteiger partial charge in [-0.05, 0) is 51.2 Å². The van der Waals surface area contributed by atoms with Crippen molar-refractivity contribution in [2.75, 3.05) is 26.2 Å². The van der Waals surface area contributed by atoms with Crippen LogP contribution >= 0.6 is 0 Å². The molecule has 154 valence electrons. The number of likely N-dealkylation sites (tertiary alicyclic amines) is 1. The van der Waals surface area contributed by atoms with Gasteiger partial charge in [-0.15, -0.1) is 0 Å². The molecule has 1 amide bonds. The number of benzene rings is 1. The number of hydrogen-bond donors (Lipinski definition) is 2. The maximum atomic E-state index is 13.0. The molecule has 0 spiro atoms. The van der Waals surface area contributed by atoms with E-state index in [0.717, 1.165) is 23.4 Å². The summed E-state index contributed by atoms with van der Waals surface area (Å²) in [4.78, 5) is 14.6. The first kappa shape index (κ1) is 19.8. The predicted molar refractivity (Wildman–Crippen MR) is 116 cm³/mol. The zero-order valence-corrected chi connectivity index (χ0v) is 17.8. The topological polar surface area (TPSA) is 51.6 Å². The highest BCUT2D eigenvalue weighted by Gasteiger charge is 2.20. The number of amides is 1. The second kappa shape index (κ2) is 8.46. The first-order chi connectivity index (χ1) is 14.0. The van der Waals surface area contributed by atoms with Crippen LogP contribution < -0.4 is 10.2 Å². The molecule has 0 saturated carbocycles. The molecule has 1 fully saturated rings. The molecule has 0 bridgehead atoms. The van der Waals surface area contributed by atoms with Crippen molar-refractivity contribution in [1.29, 1.82) is 0 Å². The highest BCUT2D eigenvalue weighted by atomic mass is 16.3. The third-order valence-corrected chi connectivity index (χ3v) is 6.10. The molecule has 5 nitrogen and oxygen atoms in total. The Balaban J connectivity index is 1.55. The van der Waals surface area contributed by atoms with Crippen LogP contribution in [0.3, 0.4) is 0 Å². The highest BCUT2D eigenvalue weighted by molar-refractivity contribution is 5.97. The van der Waals surface area contributed by atoms with Crippen LogP contribution in [-0.2, 0) is 6.54 Å². The molecule has 29 heavy (non-hydrogen) atoms. The summed E-state index contributed by atoms with van der Waals surface area (Å²) < 4.78 is 7.92. The Morgan fingerprint density at radius 2 is 1.90 bits per heavy atom. The molecular weight excluding hydrogens is 362 g/mol. The maximum Gasteiger partial charge on any atom is 0.268 e. The number of aromatic nitrogens is 1. The average Bonchev–Trinajstić information content (AvgIpc) is 3.22. The number of piperidine rings is 1. The van der Waals surface area contributed by atoms with Crippen molar-refractivity contribution in [3.8, 4) is 0 Å². The Bertz CT molecular complexity index is 1010. The van der Waals surface area contributed by atoms with Crippen molar-refractivity contribution in [1.82, 2.24) is 9.88 Å². The molecule has 1 aromatic carbocycles. The largest absolute Gasteiger partial charge is 0.460 e. The van der Waals surface area contributed by atoms with Crippen LogP contribution in [0.25, 0.3) is 11.1 Å². The van der Waals surface area contributed by atoms with Crippen molar-refractivity contribution < 1.29 is 14.1 Å². The van der Waals surface area contributed by atoms with E-state index in [4.69, 9.17) is 4.42 Å². The molecule has 0 aliphatic carbocycles. The third-order valence-electron chi connectivity index (χ3n) is 6.10. The van der Waals surface area contributed by atoms with Crippen LogP contribution in [0.15, 0.2) is 34.7 Å². The van der Waals surface area contributed by atoms with Crippen molar-refractivity contribution in [3.63, 3.8) is 0 Å². The van der Waals surface area contributed by atoms with E-state index in [1.54, 1.807) is 4.90 Å². The number of carbonyl (C=O) groups is 1. The Labute approximate surface area is 172 Å². The lowest BCUT2D eigenvalue weighted by molar-refractivity contribution is -0.903. The fraction of sp³-hybridized carbons (Fsp3) is 0.458. The third kappa shape index (κ3) is 4.40. The van der Waals surface area contributed by atoms with E-state index < -0.39 is 0 Å². The standard InChI is InChI=1S/C24H31N3O2/c1-17-7-8-18(2)20(13-17)16-27-21-14-19(3)29-23(21)15-22(27)24(28)25-9-12-26-10-5-4-6-11-26/h7-8,13-15H,4-6,9-12,16H2,1-3H3,(H,25,28)/p+1. The molecule has 3 heterocycles. The minimum absolute atomic E-state index is 0.0178. The Hall–Kier alpha value is -2.53. The number of aryl methyl sites for hydroxylation is 3. The van der Waals surface area contributed by atoms with Crippen LogP contribution in [0.2, 0.25) is 0 Å². The molecule has 4 rings (SSSR count). The van der Waals surface area contributed by atoms with Crippen LogP contribution in [0, 0.1) is 20.8 Å². The van der Waals surface area contributed by atoms with E-state index in [0.29, 0.717) is 18.8 Å². The molecule has 1 aliphatic heterocycles. The quantitative estimate of drug-likeness (QED) is 0.675. The average molecular weight is 395 g/mol. The van der Waals surface area contributed by atoms with Crippen molar-refractivity contribution in [2.24, 2.45) is 0 Å². The minimum atomic E-state index is -0.0178. The molecule has 3 aromatic rings. The van der Waals surface area contributed by atoms with Crippen molar-refractivity contribution in [2.45, 2.75) is 46.6 Å². The first-order valence-electron chi connectivity index (χ1n) is 10.8. The Morgan fingerprint density at radius 3 is 2.69 bits per heavy atom. The van der Waals surface area contributed by atoms with Gasteiger partial charge in [0.1, 0.15) is 11.5 Å². The smallest absolute Gasteiger partial charge is 0.268 e. The Morgan fingerprint density at radius 1 is 1.10 bits per heavy atom. The summed E-state index contributed by atoms with van der Waals surface area (Å²) in [6.45, 7) is 11.0. The van der Waals surface area contributed by atoms with E-state index in [1.165, 1.54) is 49.0 Å². The maximum absolute atomic E-state index is 13.0. The van der Waals surface area contributed by atoms with E-state index in [2.05, 4.69) is 41.9 Å². The number of quaternary nitrogens is 1. The molecule has 1 saturated heterocycles. The predicted octanol–water partition coefficient (Wildman–Crippen LogP) is 3.01. The summed E-state index contributed by atoms with van der Waals surface area (Å²) in [6, 6.07) is 10.4. The number of nitrogens with one attached hydrogen (secondary N) is 2. The minimum Gasteiger partial charge on any atom is -0.460 e. The number of rotatable bonds is 6. The first-order valence-corrected chi connectivity index (χ1v) is 10.8. The summed E-state index contributed by atoms with van der Waals surface area (Å²) in [5.41, 5.74) is 6.13. The van der Waals surface area contributed by atoms with Crippen molar-refractivity contribution >= 4 is 17.0 Å². The highest BCUT2D eigenvalue weighted by Crippen LogP contribution is 2.26. The van der Waals surface area contributed by atoms with E-state index in [1.807, 2.05) is 19.1 Å². The molecule has 0 radical (unpaired) electrons. The molecule has 0 unspecified atom stereocenters. The van der Waals surface area contributed by atoms with Crippen molar-refractivity contribution in [3.05, 3.63) is 58.5 Å². The number of hydrogen-bond acceptors (Lipinski definition) is 2. The van der Waals surface area contributed by atoms with Gasteiger partial charge in [-0.25, -0.2) is 0 Å². The van der Waals surface area contributed by atoms with Crippen LogP contribution in [0.4, 0.5) is 0 Å². The normalized spacial score (nSPS) is 15.1. The second-order valence-corrected chi connectivity index (χ2v) is 8.47. The summed E-state index contributed by atoms with van der Waals surface area (Å²) in [7, 11) is 0. The zero-order valence-electron chi connectivity index (χ0n) is 17.8. The zero-order chi connectivity index (χ0) is 20.4. The van der Waals surface area contributed by atoms with Gasteiger partial charge in [0.05, 0.1) is 31.7 Å². The van der Waals surface area contributed by atoms with E-state index >= 15 is 0 Å². The molecule has 1 aliphatic rings. The summed E-state index contributed by atoms with van der Waals surface area (Å²) in [6.07, 6.45) is 3.95. The van der Waals surface area contributed by atoms with Crippen LogP contribution in [-0.4, -0.2) is 36.7 Å². The lowest BCUT2D eigenvalue weighted by atomic mass is 10.1. The van der Waals surface area contributed by atoms with Gasteiger partial charge in [-0.2, -0.15) is 0 Å². The monoisotopic (exact) mass is 394 g/mol. The molecule has 2 aromatic heterocycles. The lowest BCUT2D eigenvalue weighted by Gasteiger charge is -2.23. The van der Waals surface area contributed by atoms with E-state index in [9.17, 15) is 4.79 Å². The van der Waals surface area contributed by atoms with Gasteiger partial charge >= 0.3 is 0 Å². The number of carbonyl (C=O) groups excluding carboxylic acids is 1. The number of nitrogens with zero attached hydrogens (tertiary/aromatic N) is 1. The number of furan rings is 1. The fourth-order valence-corrected chi connectivity index (χ4v) is 4.41. The summed E-state index contributed by atoms with van der Waals surface area (Å²) >= 11 is 0.